The predicted octanol–water partition coefficient (Wildman–Crippen LogP) is 3.36. The van der Waals surface area contributed by atoms with E-state index in [-0.39, 0.29) is 31.3 Å². The molecule has 1 amide bonds. The van der Waals surface area contributed by atoms with Gasteiger partial charge >= 0.3 is 0 Å². The number of nitrogens with one attached hydrogen (secondary N) is 3. The van der Waals surface area contributed by atoms with E-state index in [1.54, 1.807) is 18.2 Å². The number of nitrogens with zero attached hydrogens (tertiary/aromatic N) is 1. The van der Waals surface area contributed by atoms with Crippen molar-refractivity contribution in [2.75, 3.05) is 35.6 Å². The lowest BCUT2D eigenvalue weighted by Crippen LogP contribution is -2.22. The SMILES string of the molecule is O=C(CNc1cc([N+](=O)[O-])ccc1NCCO)Nc1cc(Cl)cc(Cl)c1. The standard InChI is InChI=1S/C16H16Cl2N4O4/c17-10-5-11(18)7-12(6-10)21-16(24)9-20-15-8-13(22(25)26)1-2-14(15)19-3-4-23/h1-2,5-8,19-20,23H,3-4,9H2,(H,21,24). The number of hydrogen-bond donors (Lipinski definition) is 4. The Balaban J connectivity index is 2.07. The fourth-order valence-electron chi connectivity index (χ4n) is 2.14. The second-order valence-corrected chi connectivity index (χ2v) is 6.07. The number of amides is 1. The van der Waals surface area contributed by atoms with Crippen molar-refractivity contribution in [2.45, 2.75) is 0 Å². The van der Waals surface area contributed by atoms with E-state index in [1.807, 2.05) is 0 Å². The van der Waals surface area contributed by atoms with Crippen LogP contribution in [0.3, 0.4) is 0 Å². The first kappa shape index (κ1) is 19.8. The minimum atomic E-state index is -0.533. The number of carbonyl (C=O) groups excluding carboxylic acids is 1. The van der Waals surface area contributed by atoms with Crippen molar-refractivity contribution in [2.24, 2.45) is 0 Å². The number of non-ortho nitro benzene ring substituents is 1. The number of nitro benzene ring substituents is 1. The summed E-state index contributed by atoms with van der Waals surface area (Å²) in [5.74, 6) is -0.386. The highest BCUT2D eigenvalue weighted by Gasteiger charge is 2.12. The molecule has 2 aromatic carbocycles. The average Bonchev–Trinajstić information content (AvgIpc) is 2.57. The molecule has 0 saturated carbocycles. The Morgan fingerprint density at radius 2 is 1.77 bits per heavy atom. The molecular formula is C16H16Cl2N4O4. The Bertz CT molecular complexity index is 797. The molecule has 0 fully saturated rings. The van der Waals surface area contributed by atoms with Crippen molar-refractivity contribution in [3.63, 3.8) is 0 Å². The van der Waals surface area contributed by atoms with Gasteiger partial charge in [0.25, 0.3) is 5.69 Å². The van der Waals surface area contributed by atoms with E-state index in [2.05, 4.69) is 16.0 Å². The van der Waals surface area contributed by atoms with Crippen molar-refractivity contribution in [3.8, 4) is 0 Å². The van der Waals surface area contributed by atoms with Crippen molar-refractivity contribution in [3.05, 3.63) is 56.6 Å². The molecule has 0 aliphatic heterocycles. The van der Waals surface area contributed by atoms with Crippen LogP contribution >= 0.6 is 23.2 Å². The average molecular weight is 399 g/mol. The Morgan fingerprint density at radius 3 is 2.38 bits per heavy atom. The second-order valence-electron chi connectivity index (χ2n) is 5.20. The minimum absolute atomic E-state index is 0.105. The number of benzene rings is 2. The number of carbonyl (C=O) groups is 1. The van der Waals surface area contributed by atoms with Crippen LogP contribution in [0.25, 0.3) is 0 Å². The maximum atomic E-state index is 12.1. The van der Waals surface area contributed by atoms with Crippen molar-refractivity contribution < 1.29 is 14.8 Å². The molecule has 0 aliphatic carbocycles. The molecule has 0 aliphatic rings. The van der Waals surface area contributed by atoms with Crippen LogP contribution in [-0.4, -0.2) is 35.6 Å². The van der Waals surface area contributed by atoms with E-state index in [1.165, 1.54) is 18.2 Å². The number of rotatable bonds is 8. The van der Waals surface area contributed by atoms with Crippen LogP contribution in [0.2, 0.25) is 10.0 Å². The smallest absolute Gasteiger partial charge is 0.271 e. The zero-order chi connectivity index (χ0) is 19.1. The van der Waals surface area contributed by atoms with Crippen molar-refractivity contribution >= 4 is 51.9 Å². The van der Waals surface area contributed by atoms with Gasteiger partial charge in [-0.1, -0.05) is 23.2 Å². The highest BCUT2D eigenvalue weighted by Crippen LogP contribution is 2.27. The van der Waals surface area contributed by atoms with Gasteiger partial charge in [-0.25, -0.2) is 0 Å². The monoisotopic (exact) mass is 398 g/mol. The van der Waals surface area contributed by atoms with E-state index in [0.717, 1.165) is 0 Å². The molecule has 0 aromatic heterocycles. The molecule has 8 nitrogen and oxygen atoms in total. The minimum Gasteiger partial charge on any atom is -0.395 e. The molecule has 0 atom stereocenters. The highest BCUT2D eigenvalue weighted by atomic mass is 35.5. The molecule has 138 valence electrons. The van der Waals surface area contributed by atoms with Gasteiger partial charge < -0.3 is 21.1 Å². The maximum Gasteiger partial charge on any atom is 0.271 e. The summed E-state index contributed by atoms with van der Waals surface area (Å²) in [5.41, 5.74) is 1.21. The molecule has 4 N–H and O–H groups in total. The lowest BCUT2D eigenvalue weighted by atomic mass is 10.2. The van der Waals surface area contributed by atoms with E-state index in [9.17, 15) is 14.9 Å². The summed E-state index contributed by atoms with van der Waals surface area (Å²) in [5, 5.41) is 29.0. The van der Waals surface area contributed by atoms with Gasteiger partial charge in [-0.2, -0.15) is 0 Å². The third-order valence-electron chi connectivity index (χ3n) is 3.23. The van der Waals surface area contributed by atoms with Gasteiger partial charge in [0.1, 0.15) is 0 Å². The summed E-state index contributed by atoms with van der Waals surface area (Å²) in [4.78, 5) is 22.5. The molecule has 2 rings (SSSR count). The molecule has 0 unspecified atom stereocenters. The first-order valence-corrected chi connectivity index (χ1v) is 8.27. The van der Waals surface area contributed by atoms with Crippen LogP contribution in [0.4, 0.5) is 22.7 Å². The normalized spacial score (nSPS) is 10.3. The Hall–Kier alpha value is -2.55. The van der Waals surface area contributed by atoms with Crippen LogP contribution in [0, 0.1) is 10.1 Å². The van der Waals surface area contributed by atoms with Gasteiger partial charge in [0.2, 0.25) is 5.91 Å². The van der Waals surface area contributed by atoms with Gasteiger partial charge in [0.15, 0.2) is 0 Å². The Labute approximate surface area is 159 Å². The lowest BCUT2D eigenvalue weighted by Gasteiger charge is -2.13. The summed E-state index contributed by atoms with van der Waals surface area (Å²) >= 11 is 11.8. The van der Waals surface area contributed by atoms with Crippen LogP contribution in [0.15, 0.2) is 36.4 Å². The van der Waals surface area contributed by atoms with Crippen LogP contribution in [0.1, 0.15) is 0 Å². The predicted molar refractivity (Wildman–Crippen MR) is 102 cm³/mol. The fourth-order valence-corrected chi connectivity index (χ4v) is 2.67. The van der Waals surface area contributed by atoms with E-state index in [4.69, 9.17) is 28.3 Å². The summed E-state index contributed by atoms with van der Waals surface area (Å²) in [7, 11) is 0. The summed E-state index contributed by atoms with van der Waals surface area (Å²) in [6.45, 7) is 0.0191. The molecule has 26 heavy (non-hydrogen) atoms. The van der Waals surface area contributed by atoms with Gasteiger partial charge in [0, 0.05) is 34.4 Å². The third kappa shape index (κ3) is 5.76. The van der Waals surface area contributed by atoms with Gasteiger partial charge in [-0.15, -0.1) is 0 Å². The molecular weight excluding hydrogens is 383 g/mol. The molecule has 0 spiro atoms. The van der Waals surface area contributed by atoms with Gasteiger partial charge in [0.05, 0.1) is 29.4 Å². The first-order valence-electron chi connectivity index (χ1n) is 7.52. The van der Waals surface area contributed by atoms with Crippen molar-refractivity contribution in [1.82, 2.24) is 0 Å². The molecule has 0 saturated heterocycles. The van der Waals surface area contributed by atoms with Crippen LogP contribution in [0.5, 0.6) is 0 Å². The topological polar surface area (TPSA) is 117 Å². The number of anilines is 3. The third-order valence-corrected chi connectivity index (χ3v) is 3.66. The quantitative estimate of drug-likeness (QED) is 0.400. The van der Waals surface area contributed by atoms with Gasteiger partial charge in [-0.3, -0.25) is 14.9 Å². The number of halogens is 2. The number of aliphatic hydroxyl groups is 1. The fraction of sp³-hybridized carbons (Fsp3) is 0.188. The highest BCUT2D eigenvalue weighted by molar-refractivity contribution is 6.35. The number of hydrogen-bond acceptors (Lipinski definition) is 6. The van der Waals surface area contributed by atoms with Crippen molar-refractivity contribution in [1.29, 1.82) is 0 Å². The van der Waals surface area contributed by atoms with Crippen LogP contribution < -0.4 is 16.0 Å². The van der Waals surface area contributed by atoms with E-state index >= 15 is 0 Å². The zero-order valence-corrected chi connectivity index (χ0v) is 15.0. The molecule has 0 bridgehead atoms. The van der Waals surface area contributed by atoms with E-state index in [0.29, 0.717) is 27.1 Å². The first-order chi connectivity index (χ1) is 12.4. The number of nitro groups is 1. The summed E-state index contributed by atoms with van der Waals surface area (Å²) in [6.07, 6.45) is 0. The number of aliphatic hydroxyl groups excluding tert-OH is 1. The Kier molecular flexibility index (Phi) is 7.02. The largest absolute Gasteiger partial charge is 0.395 e. The summed E-state index contributed by atoms with van der Waals surface area (Å²) in [6, 6.07) is 8.78. The second kappa shape index (κ2) is 9.23. The lowest BCUT2D eigenvalue weighted by molar-refractivity contribution is -0.384. The van der Waals surface area contributed by atoms with Gasteiger partial charge in [-0.05, 0) is 24.3 Å². The zero-order valence-electron chi connectivity index (χ0n) is 13.5. The molecule has 0 heterocycles. The molecule has 2 aromatic rings. The van der Waals surface area contributed by atoms with Crippen LogP contribution in [-0.2, 0) is 4.79 Å². The summed E-state index contributed by atoms with van der Waals surface area (Å²) < 4.78 is 0. The molecule has 0 radical (unpaired) electrons. The molecule has 10 heteroatoms. The maximum absolute atomic E-state index is 12.1. The van der Waals surface area contributed by atoms with E-state index < -0.39 is 4.92 Å². The Morgan fingerprint density at radius 1 is 1.08 bits per heavy atom.